The van der Waals surface area contributed by atoms with Gasteiger partial charge in [-0.15, -0.1) is 0 Å². The van der Waals surface area contributed by atoms with Gasteiger partial charge in [0.1, 0.15) is 11.6 Å². The van der Waals surface area contributed by atoms with E-state index >= 15 is 0 Å². The number of nitrogens with zero attached hydrogens (tertiary/aromatic N) is 2. The fourth-order valence-electron chi connectivity index (χ4n) is 4.52. The zero-order valence-corrected chi connectivity index (χ0v) is 19.7. The van der Waals surface area contributed by atoms with Crippen LogP contribution in [0.2, 0.25) is 0 Å². The maximum atomic E-state index is 12.8. The molecule has 1 N–H and O–H groups in total. The Hall–Kier alpha value is -2.80. The lowest BCUT2D eigenvalue weighted by Gasteiger charge is -2.29. The van der Waals surface area contributed by atoms with Crippen molar-refractivity contribution >= 4 is 12.0 Å². The van der Waals surface area contributed by atoms with Gasteiger partial charge >= 0.3 is 0 Å². The number of rotatable bonds is 4. The molecule has 0 unspecified atom stereocenters. The number of benzene rings is 1. The number of amides is 1. The molecule has 2 aromatic rings. The van der Waals surface area contributed by atoms with Crippen LogP contribution in [0, 0.1) is 31.1 Å². The number of nitrogens with one attached hydrogen (secondary N) is 1. The van der Waals surface area contributed by atoms with E-state index in [1.165, 1.54) is 12.0 Å². The molecular formula is C27H35N3O. The summed E-state index contributed by atoms with van der Waals surface area (Å²) in [5.74, 6) is 0.194. The molecule has 1 aliphatic rings. The SMILES string of the molecule is Cc1cc(/C=C(\C#N)C(=O)N[C@@H]2CCCC[C@@H]2C)c(C)n1-c1ccc(C(C)(C)C)cc1. The Labute approximate surface area is 187 Å². The topological polar surface area (TPSA) is 57.8 Å². The molecule has 3 rings (SSSR count). The van der Waals surface area contributed by atoms with Crippen LogP contribution in [0.1, 0.15) is 75.9 Å². The van der Waals surface area contributed by atoms with E-state index in [-0.39, 0.29) is 22.9 Å². The summed E-state index contributed by atoms with van der Waals surface area (Å²) in [6.07, 6.45) is 6.20. The van der Waals surface area contributed by atoms with Crippen LogP contribution in [0.3, 0.4) is 0 Å². The van der Waals surface area contributed by atoms with E-state index in [9.17, 15) is 10.1 Å². The molecule has 0 saturated heterocycles. The third-order valence-electron chi connectivity index (χ3n) is 6.55. The molecule has 1 aromatic carbocycles. The van der Waals surface area contributed by atoms with Crippen LogP contribution >= 0.6 is 0 Å². The van der Waals surface area contributed by atoms with Gasteiger partial charge in [-0.1, -0.05) is 52.7 Å². The first-order valence-electron chi connectivity index (χ1n) is 11.3. The van der Waals surface area contributed by atoms with Gasteiger partial charge in [-0.2, -0.15) is 5.26 Å². The van der Waals surface area contributed by atoms with Crippen LogP contribution < -0.4 is 5.32 Å². The van der Waals surface area contributed by atoms with Crippen LogP contribution in [-0.2, 0) is 10.2 Å². The van der Waals surface area contributed by atoms with Crippen molar-refractivity contribution in [2.45, 2.75) is 78.7 Å². The van der Waals surface area contributed by atoms with E-state index < -0.39 is 0 Å². The Kier molecular flexibility index (Phi) is 6.74. The van der Waals surface area contributed by atoms with Crippen molar-refractivity contribution in [3.63, 3.8) is 0 Å². The Balaban J connectivity index is 1.87. The van der Waals surface area contributed by atoms with Gasteiger partial charge in [0.25, 0.3) is 5.91 Å². The second-order valence-corrected chi connectivity index (χ2v) is 9.97. The van der Waals surface area contributed by atoms with Crippen LogP contribution in [-0.4, -0.2) is 16.5 Å². The summed E-state index contributed by atoms with van der Waals surface area (Å²) in [5.41, 5.74) is 5.65. The third kappa shape index (κ3) is 5.10. The predicted octanol–water partition coefficient (Wildman–Crippen LogP) is 5.99. The maximum absolute atomic E-state index is 12.8. The minimum Gasteiger partial charge on any atom is -0.348 e. The Bertz CT molecular complexity index is 1010. The van der Waals surface area contributed by atoms with Crippen molar-refractivity contribution in [1.82, 2.24) is 9.88 Å². The molecule has 2 atom stereocenters. The van der Waals surface area contributed by atoms with Crippen molar-refractivity contribution in [1.29, 1.82) is 5.26 Å². The Morgan fingerprint density at radius 3 is 2.39 bits per heavy atom. The molecule has 31 heavy (non-hydrogen) atoms. The number of aromatic nitrogens is 1. The maximum Gasteiger partial charge on any atom is 0.262 e. The molecule has 4 nitrogen and oxygen atoms in total. The molecular weight excluding hydrogens is 382 g/mol. The van der Waals surface area contributed by atoms with Crippen molar-refractivity contribution in [3.8, 4) is 11.8 Å². The molecule has 0 bridgehead atoms. The van der Waals surface area contributed by atoms with E-state index in [2.05, 4.69) is 74.8 Å². The average Bonchev–Trinajstić information content (AvgIpc) is 3.00. The minimum absolute atomic E-state index is 0.109. The summed E-state index contributed by atoms with van der Waals surface area (Å²) >= 11 is 0. The summed E-state index contributed by atoms with van der Waals surface area (Å²) in [6.45, 7) is 12.9. The highest BCUT2D eigenvalue weighted by molar-refractivity contribution is 6.02. The van der Waals surface area contributed by atoms with E-state index in [1.54, 1.807) is 6.08 Å². The number of aryl methyl sites for hydroxylation is 1. The van der Waals surface area contributed by atoms with Gasteiger partial charge in [0.05, 0.1) is 0 Å². The van der Waals surface area contributed by atoms with E-state index in [0.29, 0.717) is 5.92 Å². The highest BCUT2D eigenvalue weighted by Gasteiger charge is 2.24. The second kappa shape index (κ2) is 9.14. The zero-order chi connectivity index (χ0) is 22.8. The van der Waals surface area contributed by atoms with E-state index in [1.807, 2.05) is 13.0 Å². The lowest BCUT2D eigenvalue weighted by molar-refractivity contribution is -0.118. The quantitative estimate of drug-likeness (QED) is 0.490. The van der Waals surface area contributed by atoms with E-state index in [4.69, 9.17) is 0 Å². The lowest BCUT2D eigenvalue weighted by atomic mass is 9.86. The molecule has 4 heteroatoms. The standard InChI is InChI=1S/C27H35N3O/c1-18-9-7-8-10-25(18)29-26(31)22(17-28)16-21-15-19(2)30(20(21)3)24-13-11-23(12-14-24)27(4,5)6/h11-16,18,25H,7-10H2,1-6H3,(H,29,31)/b22-16+/t18-,25+/m0/s1. The molecule has 1 fully saturated rings. The molecule has 1 amide bonds. The molecule has 164 valence electrons. The molecule has 0 aliphatic heterocycles. The largest absolute Gasteiger partial charge is 0.348 e. The fourth-order valence-corrected chi connectivity index (χ4v) is 4.52. The number of carbonyl (C=O) groups is 1. The molecule has 1 aliphatic carbocycles. The first kappa shape index (κ1) is 22.9. The highest BCUT2D eigenvalue weighted by atomic mass is 16.1. The Morgan fingerprint density at radius 1 is 1.16 bits per heavy atom. The van der Waals surface area contributed by atoms with Crippen LogP contribution in [0.4, 0.5) is 0 Å². The number of nitriles is 1. The van der Waals surface area contributed by atoms with Crippen LogP contribution in [0.15, 0.2) is 35.9 Å². The normalized spacial score (nSPS) is 19.7. The summed E-state index contributed by atoms with van der Waals surface area (Å²) in [4.78, 5) is 12.8. The molecule has 0 spiro atoms. The number of hydrogen-bond donors (Lipinski definition) is 1. The van der Waals surface area contributed by atoms with E-state index in [0.717, 1.165) is 41.9 Å². The smallest absolute Gasteiger partial charge is 0.262 e. The number of hydrogen-bond acceptors (Lipinski definition) is 2. The molecule has 1 aromatic heterocycles. The lowest BCUT2D eigenvalue weighted by Crippen LogP contribution is -2.41. The summed E-state index contributed by atoms with van der Waals surface area (Å²) in [5, 5.41) is 12.8. The summed E-state index contributed by atoms with van der Waals surface area (Å²) < 4.78 is 2.17. The second-order valence-electron chi connectivity index (χ2n) is 9.97. The first-order chi connectivity index (χ1) is 14.6. The van der Waals surface area contributed by atoms with Gasteiger partial charge in [-0.25, -0.2) is 0 Å². The number of carbonyl (C=O) groups excluding carboxylic acids is 1. The molecule has 1 heterocycles. The van der Waals surface area contributed by atoms with Gasteiger partial charge < -0.3 is 9.88 Å². The van der Waals surface area contributed by atoms with Crippen LogP contribution in [0.25, 0.3) is 11.8 Å². The first-order valence-corrected chi connectivity index (χ1v) is 11.3. The molecule has 0 radical (unpaired) electrons. The Morgan fingerprint density at radius 2 is 1.81 bits per heavy atom. The van der Waals surface area contributed by atoms with Gasteiger partial charge in [0.2, 0.25) is 0 Å². The average molecular weight is 418 g/mol. The van der Waals surface area contributed by atoms with Gasteiger partial charge in [-0.05, 0) is 73.4 Å². The molecule has 1 saturated carbocycles. The van der Waals surface area contributed by atoms with Crippen molar-refractivity contribution in [2.75, 3.05) is 0 Å². The van der Waals surface area contributed by atoms with Gasteiger partial charge in [-0.3, -0.25) is 4.79 Å². The van der Waals surface area contributed by atoms with Crippen molar-refractivity contribution in [2.24, 2.45) is 5.92 Å². The van der Waals surface area contributed by atoms with Crippen molar-refractivity contribution in [3.05, 3.63) is 58.4 Å². The monoisotopic (exact) mass is 417 g/mol. The summed E-state index contributed by atoms with van der Waals surface area (Å²) in [6, 6.07) is 12.9. The zero-order valence-electron chi connectivity index (χ0n) is 19.7. The van der Waals surface area contributed by atoms with Crippen LogP contribution in [0.5, 0.6) is 0 Å². The summed E-state index contributed by atoms with van der Waals surface area (Å²) in [7, 11) is 0. The van der Waals surface area contributed by atoms with Crippen molar-refractivity contribution < 1.29 is 4.79 Å². The predicted molar refractivity (Wildman–Crippen MR) is 127 cm³/mol. The fraction of sp³-hybridized carbons (Fsp3) is 0.481. The van der Waals surface area contributed by atoms with Gasteiger partial charge in [0, 0.05) is 23.1 Å². The highest BCUT2D eigenvalue weighted by Crippen LogP contribution is 2.27. The third-order valence-corrected chi connectivity index (χ3v) is 6.55. The minimum atomic E-state index is -0.263. The van der Waals surface area contributed by atoms with Gasteiger partial charge in [0.15, 0.2) is 0 Å².